The summed E-state index contributed by atoms with van der Waals surface area (Å²) in [6, 6.07) is 29.0. The molecule has 46 heavy (non-hydrogen) atoms. The van der Waals surface area contributed by atoms with Crippen LogP contribution in [0, 0.1) is 6.92 Å². The lowest BCUT2D eigenvalue weighted by molar-refractivity contribution is -0.140. The van der Waals surface area contributed by atoms with Crippen molar-refractivity contribution in [1.29, 1.82) is 0 Å². The molecular weight excluding hydrogens is 666 g/mol. The van der Waals surface area contributed by atoms with Gasteiger partial charge in [0.25, 0.3) is 10.0 Å². The van der Waals surface area contributed by atoms with Crippen LogP contribution in [-0.2, 0) is 32.6 Å². The average molecular weight is 707 g/mol. The van der Waals surface area contributed by atoms with Crippen molar-refractivity contribution in [2.75, 3.05) is 18.0 Å². The summed E-state index contributed by atoms with van der Waals surface area (Å²) >= 11 is 3.46. The number of carbonyl (C=O) groups is 2. The summed E-state index contributed by atoms with van der Waals surface area (Å²) < 4.78 is 35.6. The number of benzene rings is 4. The molecule has 0 aliphatic carbocycles. The van der Waals surface area contributed by atoms with Crippen LogP contribution in [0.2, 0.25) is 0 Å². The third kappa shape index (κ3) is 9.20. The van der Waals surface area contributed by atoms with Crippen LogP contribution in [0.1, 0.15) is 37.5 Å². The predicted octanol–water partition coefficient (Wildman–Crippen LogP) is 6.52. The van der Waals surface area contributed by atoms with E-state index in [1.54, 1.807) is 36.4 Å². The summed E-state index contributed by atoms with van der Waals surface area (Å²) in [4.78, 5) is 30.0. The highest BCUT2D eigenvalue weighted by Gasteiger charge is 2.35. The summed E-state index contributed by atoms with van der Waals surface area (Å²) in [6.07, 6.45) is 0.237. The van der Waals surface area contributed by atoms with Crippen LogP contribution in [0.4, 0.5) is 5.69 Å². The Kier molecular flexibility index (Phi) is 11.3. The molecule has 0 aliphatic rings. The molecule has 0 bridgehead atoms. The second-order valence-electron chi connectivity index (χ2n) is 12.1. The van der Waals surface area contributed by atoms with E-state index in [1.165, 1.54) is 24.1 Å². The highest BCUT2D eigenvalue weighted by molar-refractivity contribution is 9.10. The van der Waals surface area contributed by atoms with Crippen LogP contribution in [0.5, 0.6) is 5.75 Å². The van der Waals surface area contributed by atoms with Gasteiger partial charge in [0.1, 0.15) is 18.3 Å². The fourth-order valence-corrected chi connectivity index (χ4v) is 6.59. The first-order chi connectivity index (χ1) is 21.8. The highest BCUT2D eigenvalue weighted by atomic mass is 79.9. The second-order valence-corrected chi connectivity index (χ2v) is 14.9. The van der Waals surface area contributed by atoms with E-state index in [9.17, 15) is 18.0 Å². The average Bonchev–Trinajstić information content (AvgIpc) is 3.02. The zero-order chi connectivity index (χ0) is 33.5. The molecule has 0 aliphatic heterocycles. The summed E-state index contributed by atoms with van der Waals surface area (Å²) in [5, 5.41) is 3.04. The first kappa shape index (κ1) is 34.7. The Morgan fingerprint density at radius 3 is 2.02 bits per heavy atom. The normalized spacial score (nSPS) is 12.2. The number of hydrogen-bond acceptors (Lipinski definition) is 5. The maximum atomic E-state index is 14.6. The van der Waals surface area contributed by atoms with Crippen molar-refractivity contribution in [1.82, 2.24) is 10.2 Å². The molecule has 10 heteroatoms. The minimum absolute atomic E-state index is 0.00689. The first-order valence-corrected chi connectivity index (χ1v) is 17.1. The van der Waals surface area contributed by atoms with Crippen LogP contribution in [-0.4, -0.2) is 50.4 Å². The topological polar surface area (TPSA) is 96.0 Å². The molecule has 0 saturated carbocycles. The Labute approximate surface area is 280 Å². The van der Waals surface area contributed by atoms with Gasteiger partial charge in [-0.25, -0.2) is 8.42 Å². The van der Waals surface area contributed by atoms with Crippen LogP contribution in [0.3, 0.4) is 0 Å². The molecule has 1 N–H and O–H groups in total. The largest absolute Gasteiger partial charge is 0.497 e. The molecule has 1 unspecified atom stereocenters. The molecule has 0 spiro atoms. The molecule has 4 aromatic carbocycles. The fraction of sp³-hybridized carbons (Fsp3) is 0.278. The summed E-state index contributed by atoms with van der Waals surface area (Å²) in [5.74, 6) is -0.349. The van der Waals surface area contributed by atoms with E-state index < -0.39 is 34.1 Å². The number of carbonyl (C=O) groups excluding carboxylic acids is 2. The molecule has 4 aromatic rings. The monoisotopic (exact) mass is 705 g/mol. The summed E-state index contributed by atoms with van der Waals surface area (Å²) in [5.41, 5.74) is 2.36. The fourth-order valence-electron chi connectivity index (χ4n) is 4.91. The number of sulfonamides is 1. The van der Waals surface area contributed by atoms with Gasteiger partial charge in [-0.1, -0.05) is 76.1 Å². The Balaban J connectivity index is 1.81. The van der Waals surface area contributed by atoms with Crippen molar-refractivity contribution < 1.29 is 22.7 Å². The number of methoxy groups -OCH3 is 1. The van der Waals surface area contributed by atoms with E-state index in [0.717, 1.165) is 25.5 Å². The lowest BCUT2D eigenvalue weighted by Gasteiger charge is -2.35. The quantitative estimate of drug-likeness (QED) is 0.181. The third-order valence-electron chi connectivity index (χ3n) is 7.28. The highest BCUT2D eigenvalue weighted by Crippen LogP contribution is 2.27. The molecule has 8 nitrogen and oxygen atoms in total. The standard InChI is InChI=1S/C36H40BrN3O5S/c1-26-11-17-30(18-12-26)40(46(43,44)32-21-19-31(45-5)20-22-32)25-34(41)39(24-28-13-15-29(37)16-14-28)33(35(42)38-36(2,3)4)23-27-9-7-6-8-10-27/h6-22,33H,23-25H2,1-5H3,(H,38,42). The van der Waals surface area contributed by atoms with Crippen molar-refractivity contribution in [3.8, 4) is 5.75 Å². The van der Waals surface area contributed by atoms with Crippen molar-refractivity contribution >= 4 is 43.5 Å². The number of hydrogen-bond donors (Lipinski definition) is 1. The lowest BCUT2D eigenvalue weighted by Crippen LogP contribution is -2.56. The number of anilines is 1. The van der Waals surface area contributed by atoms with Gasteiger partial charge in [0, 0.05) is 23.0 Å². The van der Waals surface area contributed by atoms with Gasteiger partial charge in [0.05, 0.1) is 17.7 Å². The summed E-state index contributed by atoms with van der Waals surface area (Å²) in [7, 11) is -2.71. The molecule has 0 aromatic heterocycles. The number of amides is 2. The molecule has 0 radical (unpaired) electrons. The van der Waals surface area contributed by atoms with Gasteiger partial charge in [-0.2, -0.15) is 0 Å². The molecule has 0 saturated heterocycles. The third-order valence-corrected chi connectivity index (χ3v) is 9.60. The molecule has 0 fully saturated rings. The number of aryl methyl sites for hydroxylation is 1. The van der Waals surface area contributed by atoms with E-state index >= 15 is 0 Å². The number of rotatable bonds is 12. The van der Waals surface area contributed by atoms with Crippen molar-refractivity contribution in [2.45, 2.75) is 57.1 Å². The van der Waals surface area contributed by atoms with E-state index in [-0.39, 0.29) is 23.8 Å². The van der Waals surface area contributed by atoms with Crippen molar-refractivity contribution in [2.24, 2.45) is 0 Å². The number of nitrogens with one attached hydrogen (secondary N) is 1. The van der Waals surface area contributed by atoms with Gasteiger partial charge < -0.3 is 15.0 Å². The maximum Gasteiger partial charge on any atom is 0.264 e. The van der Waals surface area contributed by atoms with Crippen LogP contribution in [0.15, 0.2) is 112 Å². The van der Waals surface area contributed by atoms with Crippen LogP contribution < -0.4 is 14.4 Å². The molecule has 0 heterocycles. The van der Waals surface area contributed by atoms with E-state index in [1.807, 2.05) is 82.3 Å². The molecular formula is C36H40BrN3O5S. The molecule has 4 rings (SSSR count). The molecule has 1 atom stereocenters. The van der Waals surface area contributed by atoms with Gasteiger partial charge >= 0.3 is 0 Å². The number of nitrogens with zero attached hydrogens (tertiary/aromatic N) is 2. The Morgan fingerprint density at radius 2 is 1.46 bits per heavy atom. The van der Waals surface area contributed by atoms with Crippen molar-refractivity contribution in [3.05, 3.63) is 124 Å². The molecule has 242 valence electrons. The summed E-state index contributed by atoms with van der Waals surface area (Å²) in [6.45, 7) is 7.11. The Hall–Kier alpha value is -4.15. The Morgan fingerprint density at radius 1 is 0.848 bits per heavy atom. The number of ether oxygens (including phenoxy) is 1. The zero-order valence-electron chi connectivity index (χ0n) is 26.7. The van der Waals surface area contributed by atoms with Gasteiger partial charge in [-0.3, -0.25) is 13.9 Å². The zero-order valence-corrected chi connectivity index (χ0v) is 29.1. The second kappa shape index (κ2) is 15.0. The van der Waals surface area contributed by atoms with E-state index in [0.29, 0.717) is 11.4 Å². The van der Waals surface area contributed by atoms with Crippen LogP contribution >= 0.6 is 15.9 Å². The first-order valence-electron chi connectivity index (χ1n) is 14.9. The predicted molar refractivity (Wildman–Crippen MR) is 185 cm³/mol. The van der Waals surface area contributed by atoms with Gasteiger partial charge in [0.2, 0.25) is 11.8 Å². The van der Waals surface area contributed by atoms with Gasteiger partial charge in [0.15, 0.2) is 0 Å². The SMILES string of the molecule is COc1ccc(S(=O)(=O)N(CC(=O)N(Cc2ccc(Br)cc2)C(Cc2ccccc2)C(=O)NC(C)(C)C)c2ccc(C)cc2)cc1. The lowest BCUT2D eigenvalue weighted by atomic mass is 10.0. The van der Waals surface area contributed by atoms with Crippen molar-refractivity contribution in [3.63, 3.8) is 0 Å². The smallest absolute Gasteiger partial charge is 0.264 e. The molecule has 2 amide bonds. The number of halogens is 1. The van der Waals surface area contributed by atoms with Gasteiger partial charge in [-0.05, 0) is 87.4 Å². The minimum Gasteiger partial charge on any atom is -0.497 e. The van der Waals surface area contributed by atoms with Gasteiger partial charge in [-0.15, -0.1) is 0 Å². The Bertz CT molecular complexity index is 1720. The minimum atomic E-state index is -4.21. The van der Waals surface area contributed by atoms with E-state index in [4.69, 9.17) is 4.74 Å². The maximum absolute atomic E-state index is 14.6. The van der Waals surface area contributed by atoms with Crippen LogP contribution in [0.25, 0.3) is 0 Å². The van der Waals surface area contributed by atoms with E-state index in [2.05, 4.69) is 21.2 Å².